The zero-order chi connectivity index (χ0) is 19.8. The monoisotopic (exact) mass is 391 g/mol. The first-order valence-corrected chi connectivity index (χ1v) is 11.7. The molecule has 28 heavy (non-hydrogen) atoms. The van der Waals surface area contributed by atoms with Crippen LogP contribution in [0.5, 0.6) is 0 Å². The number of nitrogens with zero attached hydrogens (tertiary/aromatic N) is 3. The Kier molecular flexibility index (Phi) is 8.00. The predicted molar refractivity (Wildman–Crippen MR) is 116 cm³/mol. The zero-order valence-corrected chi connectivity index (χ0v) is 18.1. The molecule has 160 valence electrons. The Balaban J connectivity index is 1.36. The van der Waals surface area contributed by atoms with E-state index < -0.39 is 0 Å². The molecular weight excluding hydrogens is 350 g/mol. The van der Waals surface area contributed by atoms with Crippen molar-refractivity contribution in [3.05, 3.63) is 0 Å². The highest BCUT2D eigenvalue weighted by Gasteiger charge is 2.34. The minimum absolute atomic E-state index is 0.314. The fourth-order valence-electron chi connectivity index (χ4n) is 4.84. The Labute approximate surface area is 171 Å². The van der Waals surface area contributed by atoms with Crippen molar-refractivity contribution in [1.82, 2.24) is 20.4 Å². The Morgan fingerprint density at radius 2 is 1.75 bits per heavy atom. The first kappa shape index (κ1) is 21.4. The van der Waals surface area contributed by atoms with Crippen molar-refractivity contribution in [2.75, 3.05) is 52.4 Å². The molecule has 1 saturated heterocycles. The lowest BCUT2D eigenvalue weighted by atomic mass is 9.67. The Hall–Kier alpha value is -1.30. The molecule has 3 rings (SSSR count). The molecule has 2 aliphatic carbocycles. The SMILES string of the molecule is CCNC(=NCC1(CC)CCC1)NCCN1CCN(C(=O)C2CCCC2)CC1. The smallest absolute Gasteiger partial charge is 0.225 e. The third kappa shape index (κ3) is 5.62. The van der Waals surface area contributed by atoms with E-state index in [0.29, 0.717) is 17.2 Å². The lowest BCUT2D eigenvalue weighted by Crippen LogP contribution is -2.52. The van der Waals surface area contributed by atoms with Crippen LogP contribution in [0.25, 0.3) is 0 Å². The lowest BCUT2D eigenvalue weighted by molar-refractivity contribution is -0.137. The first-order chi connectivity index (χ1) is 13.7. The van der Waals surface area contributed by atoms with Crippen LogP contribution >= 0.6 is 0 Å². The number of piperazine rings is 1. The summed E-state index contributed by atoms with van der Waals surface area (Å²) in [5.74, 6) is 1.68. The summed E-state index contributed by atoms with van der Waals surface area (Å²) in [5, 5.41) is 6.89. The molecule has 3 aliphatic rings. The lowest BCUT2D eigenvalue weighted by Gasteiger charge is -2.40. The quantitative estimate of drug-likeness (QED) is 0.493. The van der Waals surface area contributed by atoms with Gasteiger partial charge < -0.3 is 15.5 Å². The summed E-state index contributed by atoms with van der Waals surface area (Å²) < 4.78 is 0. The molecule has 2 saturated carbocycles. The van der Waals surface area contributed by atoms with E-state index in [2.05, 4.69) is 34.3 Å². The summed E-state index contributed by atoms with van der Waals surface area (Å²) in [6.45, 7) is 11.9. The predicted octanol–water partition coefficient (Wildman–Crippen LogP) is 2.46. The minimum atomic E-state index is 0.314. The van der Waals surface area contributed by atoms with Crippen molar-refractivity contribution < 1.29 is 4.79 Å². The number of hydrogen-bond donors (Lipinski definition) is 2. The van der Waals surface area contributed by atoms with Crippen LogP contribution in [0.3, 0.4) is 0 Å². The number of carbonyl (C=O) groups excluding carboxylic acids is 1. The highest BCUT2D eigenvalue weighted by molar-refractivity contribution is 5.80. The van der Waals surface area contributed by atoms with Gasteiger partial charge in [-0.2, -0.15) is 0 Å². The molecule has 3 fully saturated rings. The largest absolute Gasteiger partial charge is 0.357 e. The molecule has 0 aromatic heterocycles. The fourth-order valence-corrected chi connectivity index (χ4v) is 4.84. The summed E-state index contributed by atoms with van der Waals surface area (Å²) in [6.07, 6.45) is 9.94. The summed E-state index contributed by atoms with van der Waals surface area (Å²) in [6, 6.07) is 0. The number of nitrogens with one attached hydrogen (secondary N) is 2. The summed E-state index contributed by atoms with van der Waals surface area (Å²) in [7, 11) is 0. The van der Waals surface area contributed by atoms with E-state index in [9.17, 15) is 4.79 Å². The Morgan fingerprint density at radius 1 is 1.04 bits per heavy atom. The summed E-state index contributed by atoms with van der Waals surface area (Å²) in [5.41, 5.74) is 0.463. The van der Waals surface area contributed by atoms with Crippen LogP contribution in [0.2, 0.25) is 0 Å². The van der Waals surface area contributed by atoms with E-state index >= 15 is 0 Å². The van der Waals surface area contributed by atoms with Gasteiger partial charge in [0.05, 0.1) is 0 Å². The van der Waals surface area contributed by atoms with E-state index in [1.165, 1.54) is 38.5 Å². The van der Waals surface area contributed by atoms with Gasteiger partial charge in [0.25, 0.3) is 0 Å². The van der Waals surface area contributed by atoms with Gasteiger partial charge in [-0.25, -0.2) is 0 Å². The van der Waals surface area contributed by atoms with Gasteiger partial charge in [-0.05, 0) is 44.4 Å². The second-order valence-electron chi connectivity index (χ2n) is 8.98. The van der Waals surface area contributed by atoms with E-state index in [0.717, 1.165) is 71.2 Å². The van der Waals surface area contributed by atoms with Crippen LogP contribution in [0.1, 0.15) is 65.2 Å². The maximum atomic E-state index is 12.6. The number of carbonyl (C=O) groups is 1. The first-order valence-electron chi connectivity index (χ1n) is 11.7. The van der Waals surface area contributed by atoms with Crippen molar-refractivity contribution >= 4 is 11.9 Å². The van der Waals surface area contributed by atoms with Crippen LogP contribution in [0.15, 0.2) is 4.99 Å². The van der Waals surface area contributed by atoms with Crippen LogP contribution in [0.4, 0.5) is 0 Å². The van der Waals surface area contributed by atoms with Gasteiger partial charge in [0.2, 0.25) is 5.91 Å². The molecule has 1 heterocycles. The van der Waals surface area contributed by atoms with Crippen molar-refractivity contribution in [2.45, 2.75) is 65.2 Å². The molecular formula is C22H41N5O. The summed E-state index contributed by atoms with van der Waals surface area (Å²) >= 11 is 0. The average molecular weight is 392 g/mol. The maximum Gasteiger partial charge on any atom is 0.225 e. The van der Waals surface area contributed by atoms with Crippen LogP contribution < -0.4 is 10.6 Å². The molecule has 0 atom stereocenters. The average Bonchev–Trinajstić information content (AvgIpc) is 3.22. The maximum absolute atomic E-state index is 12.6. The van der Waals surface area contributed by atoms with Gasteiger partial charge in [-0.1, -0.05) is 26.2 Å². The van der Waals surface area contributed by atoms with Crippen LogP contribution in [0, 0.1) is 11.3 Å². The third-order valence-corrected chi connectivity index (χ3v) is 7.19. The van der Waals surface area contributed by atoms with Gasteiger partial charge in [0.15, 0.2) is 5.96 Å². The van der Waals surface area contributed by atoms with Crippen molar-refractivity contribution in [3.8, 4) is 0 Å². The number of rotatable bonds is 8. The van der Waals surface area contributed by atoms with Crippen molar-refractivity contribution in [3.63, 3.8) is 0 Å². The molecule has 0 aromatic rings. The highest BCUT2D eigenvalue weighted by Crippen LogP contribution is 2.43. The number of hydrogen-bond acceptors (Lipinski definition) is 3. The van der Waals surface area contributed by atoms with Gasteiger partial charge >= 0.3 is 0 Å². The zero-order valence-electron chi connectivity index (χ0n) is 18.1. The summed E-state index contributed by atoms with van der Waals surface area (Å²) in [4.78, 5) is 22.0. The highest BCUT2D eigenvalue weighted by atomic mass is 16.2. The number of amides is 1. The number of guanidine groups is 1. The van der Waals surface area contributed by atoms with E-state index in [1.807, 2.05) is 0 Å². The molecule has 1 aliphatic heterocycles. The molecule has 0 radical (unpaired) electrons. The molecule has 0 bridgehead atoms. The Bertz CT molecular complexity index is 512. The van der Waals surface area contributed by atoms with Gasteiger partial charge in [-0.15, -0.1) is 0 Å². The normalized spacial score (nSPS) is 23.5. The number of aliphatic imine (C=N–C) groups is 1. The van der Waals surface area contributed by atoms with Gasteiger partial charge in [-0.3, -0.25) is 14.7 Å². The Morgan fingerprint density at radius 3 is 2.32 bits per heavy atom. The second-order valence-corrected chi connectivity index (χ2v) is 8.98. The molecule has 6 nitrogen and oxygen atoms in total. The molecule has 0 spiro atoms. The minimum Gasteiger partial charge on any atom is -0.357 e. The van der Waals surface area contributed by atoms with Gasteiger partial charge in [0, 0.05) is 58.3 Å². The topological polar surface area (TPSA) is 60.0 Å². The molecule has 1 amide bonds. The molecule has 2 N–H and O–H groups in total. The third-order valence-electron chi connectivity index (χ3n) is 7.19. The van der Waals surface area contributed by atoms with E-state index in [-0.39, 0.29) is 0 Å². The molecule has 6 heteroatoms. The van der Waals surface area contributed by atoms with Crippen LogP contribution in [-0.2, 0) is 4.79 Å². The van der Waals surface area contributed by atoms with Gasteiger partial charge in [0.1, 0.15) is 0 Å². The van der Waals surface area contributed by atoms with E-state index in [1.54, 1.807) is 0 Å². The molecule has 0 unspecified atom stereocenters. The molecule has 0 aromatic carbocycles. The standard InChI is InChI=1S/C22H41N5O/c1-3-22(10-7-11-22)18-25-21(23-4-2)24-12-13-26-14-16-27(17-15-26)20(28)19-8-5-6-9-19/h19H,3-18H2,1-2H3,(H2,23,24,25). The van der Waals surface area contributed by atoms with Crippen LogP contribution in [-0.4, -0.2) is 74.0 Å². The van der Waals surface area contributed by atoms with E-state index in [4.69, 9.17) is 4.99 Å². The fraction of sp³-hybridized carbons (Fsp3) is 0.909. The second kappa shape index (κ2) is 10.5. The van der Waals surface area contributed by atoms with Crippen molar-refractivity contribution in [2.24, 2.45) is 16.3 Å². The van der Waals surface area contributed by atoms with Crippen molar-refractivity contribution in [1.29, 1.82) is 0 Å².